The van der Waals surface area contributed by atoms with Gasteiger partial charge in [0.15, 0.2) is 0 Å². The second kappa shape index (κ2) is 4.71. The highest BCUT2D eigenvalue weighted by atomic mass is 19.1. The first-order chi connectivity index (χ1) is 8.13. The summed E-state index contributed by atoms with van der Waals surface area (Å²) in [5.74, 6) is -0.889. The number of hydrogen-bond donors (Lipinski definition) is 2. The largest absolute Gasteiger partial charge is 0.370 e. The van der Waals surface area contributed by atoms with E-state index < -0.39 is 11.7 Å². The van der Waals surface area contributed by atoms with E-state index in [1.807, 2.05) is 4.90 Å². The van der Waals surface area contributed by atoms with Crippen molar-refractivity contribution in [1.29, 1.82) is 0 Å². The van der Waals surface area contributed by atoms with E-state index >= 15 is 0 Å². The monoisotopic (exact) mass is 237 g/mol. The van der Waals surface area contributed by atoms with Crippen LogP contribution in [0, 0.1) is 11.7 Å². The zero-order valence-corrected chi connectivity index (χ0v) is 9.53. The minimum absolute atomic E-state index is 0.0230. The second-order valence-corrected chi connectivity index (χ2v) is 4.33. The molecule has 0 spiro atoms. The van der Waals surface area contributed by atoms with E-state index in [9.17, 15) is 9.18 Å². The molecule has 0 bridgehead atoms. The molecule has 0 aromatic heterocycles. The number of carbonyl (C=O) groups is 1. The molecule has 1 atom stereocenters. The van der Waals surface area contributed by atoms with Gasteiger partial charge in [-0.25, -0.2) is 4.39 Å². The Bertz CT molecular complexity index is 436. The van der Waals surface area contributed by atoms with Crippen molar-refractivity contribution in [3.05, 3.63) is 29.6 Å². The van der Waals surface area contributed by atoms with Crippen LogP contribution in [0.3, 0.4) is 0 Å². The Balaban J connectivity index is 2.33. The van der Waals surface area contributed by atoms with E-state index in [0.717, 1.165) is 19.5 Å². The lowest BCUT2D eigenvalue weighted by atomic mass is 10.1. The van der Waals surface area contributed by atoms with Gasteiger partial charge in [0.05, 0.1) is 11.3 Å². The summed E-state index contributed by atoms with van der Waals surface area (Å²) in [4.78, 5) is 13.3. The predicted molar refractivity (Wildman–Crippen MR) is 64.3 cm³/mol. The van der Waals surface area contributed by atoms with Gasteiger partial charge in [-0.05, 0) is 31.0 Å². The number of nitrogens with two attached hydrogens (primary N) is 2. The molecule has 1 aromatic carbocycles. The number of nitrogens with zero attached hydrogens (tertiary/aromatic N) is 1. The summed E-state index contributed by atoms with van der Waals surface area (Å²) in [5, 5.41) is 0. The molecule has 1 heterocycles. The molecule has 2 rings (SSSR count). The Morgan fingerprint density at radius 3 is 2.88 bits per heavy atom. The van der Waals surface area contributed by atoms with Gasteiger partial charge < -0.3 is 16.4 Å². The first kappa shape index (κ1) is 11.9. The summed E-state index contributed by atoms with van der Waals surface area (Å²) in [6, 6.07) is 4.56. The number of hydrogen-bond acceptors (Lipinski definition) is 3. The minimum atomic E-state index is -0.728. The summed E-state index contributed by atoms with van der Waals surface area (Å²) in [6.07, 6.45) is 0.964. The van der Waals surface area contributed by atoms with E-state index in [-0.39, 0.29) is 5.56 Å². The summed E-state index contributed by atoms with van der Waals surface area (Å²) in [7, 11) is 0. The normalized spacial score (nSPS) is 19.6. The maximum absolute atomic E-state index is 13.6. The Morgan fingerprint density at radius 1 is 1.53 bits per heavy atom. The van der Waals surface area contributed by atoms with Crippen LogP contribution in [0.15, 0.2) is 18.2 Å². The first-order valence-corrected chi connectivity index (χ1v) is 5.66. The molecule has 0 aliphatic carbocycles. The van der Waals surface area contributed by atoms with Gasteiger partial charge in [0.2, 0.25) is 0 Å². The molecule has 0 radical (unpaired) electrons. The number of carbonyl (C=O) groups excluding carboxylic acids is 1. The molecule has 1 saturated heterocycles. The highest BCUT2D eigenvalue weighted by Crippen LogP contribution is 2.28. The third kappa shape index (κ3) is 2.24. The van der Waals surface area contributed by atoms with Crippen LogP contribution >= 0.6 is 0 Å². The molecule has 1 fully saturated rings. The van der Waals surface area contributed by atoms with Crippen molar-refractivity contribution in [3.8, 4) is 0 Å². The third-order valence-corrected chi connectivity index (χ3v) is 3.20. The number of amides is 1. The Hall–Kier alpha value is -1.62. The zero-order valence-electron chi connectivity index (χ0n) is 9.53. The van der Waals surface area contributed by atoms with E-state index in [1.54, 1.807) is 12.1 Å². The lowest BCUT2D eigenvalue weighted by Gasteiger charge is -2.21. The summed E-state index contributed by atoms with van der Waals surface area (Å²) in [6.45, 7) is 2.14. The minimum Gasteiger partial charge on any atom is -0.370 e. The highest BCUT2D eigenvalue weighted by molar-refractivity contribution is 5.99. The number of halogens is 1. The van der Waals surface area contributed by atoms with Gasteiger partial charge >= 0.3 is 0 Å². The van der Waals surface area contributed by atoms with Crippen LogP contribution in [0.5, 0.6) is 0 Å². The van der Waals surface area contributed by atoms with Crippen LogP contribution in [0.25, 0.3) is 0 Å². The molecule has 1 unspecified atom stereocenters. The van der Waals surface area contributed by atoms with Crippen LogP contribution in [0.4, 0.5) is 10.1 Å². The van der Waals surface area contributed by atoms with Crippen molar-refractivity contribution in [2.45, 2.75) is 6.42 Å². The second-order valence-electron chi connectivity index (χ2n) is 4.33. The average molecular weight is 237 g/mol. The number of anilines is 1. The lowest BCUT2D eigenvalue weighted by Crippen LogP contribution is -2.26. The lowest BCUT2D eigenvalue weighted by molar-refractivity contribution is 0.0997. The Kier molecular flexibility index (Phi) is 3.28. The van der Waals surface area contributed by atoms with Gasteiger partial charge in [-0.15, -0.1) is 0 Å². The van der Waals surface area contributed by atoms with Gasteiger partial charge in [-0.2, -0.15) is 0 Å². The van der Waals surface area contributed by atoms with Gasteiger partial charge in [0.25, 0.3) is 5.91 Å². The van der Waals surface area contributed by atoms with Gasteiger partial charge in [0.1, 0.15) is 5.82 Å². The predicted octanol–water partition coefficient (Wildman–Crippen LogP) is 0.710. The number of primary amides is 1. The molecular weight excluding hydrogens is 221 g/mol. The molecule has 4 N–H and O–H groups in total. The van der Waals surface area contributed by atoms with Crippen LogP contribution in [-0.2, 0) is 0 Å². The van der Waals surface area contributed by atoms with Crippen LogP contribution < -0.4 is 16.4 Å². The van der Waals surface area contributed by atoms with E-state index in [0.29, 0.717) is 18.2 Å². The molecular formula is C12H16FN3O. The van der Waals surface area contributed by atoms with Crippen molar-refractivity contribution >= 4 is 11.6 Å². The molecule has 17 heavy (non-hydrogen) atoms. The Labute approximate surface area is 99.4 Å². The van der Waals surface area contributed by atoms with Crippen LogP contribution in [0.2, 0.25) is 0 Å². The van der Waals surface area contributed by atoms with Crippen molar-refractivity contribution in [3.63, 3.8) is 0 Å². The molecule has 1 aliphatic rings. The fourth-order valence-electron chi connectivity index (χ4n) is 2.26. The maximum atomic E-state index is 13.6. The maximum Gasteiger partial charge on any atom is 0.253 e. The fourth-order valence-corrected chi connectivity index (χ4v) is 2.26. The summed E-state index contributed by atoms with van der Waals surface area (Å²) in [5.41, 5.74) is 11.4. The molecule has 92 valence electrons. The third-order valence-electron chi connectivity index (χ3n) is 3.20. The van der Waals surface area contributed by atoms with Crippen molar-refractivity contribution in [2.24, 2.45) is 17.4 Å². The summed E-state index contributed by atoms with van der Waals surface area (Å²) < 4.78 is 13.6. The Morgan fingerprint density at radius 2 is 2.29 bits per heavy atom. The number of rotatable bonds is 3. The summed E-state index contributed by atoms with van der Waals surface area (Å²) >= 11 is 0. The highest BCUT2D eigenvalue weighted by Gasteiger charge is 2.25. The standard InChI is InChI=1S/C12H16FN3O/c13-9-2-1-3-10(11(9)12(15)17)16-5-4-8(6-14)7-16/h1-3,8H,4-7,14H2,(H2,15,17). The zero-order chi connectivity index (χ0) is 12.4. The van der Waals surface area contributed by atoms with Gasteiger partial charge in [-0.1, -0.05) is 6.07 Å². The molecule has 4 nitrogen and oxygen atoms in total. The molecule has 1 aromatic rings. The smallest absolute Gasteiger partial charge is 0.253 e. The molecule has 0 saturated carbocycles. The quantitative estimate of drug-likeness (QED) is 0.813. The fraction of sp³-hybridized carbons (Fsp3) is 0.417. The molecule has 1 amide bonds. The first-order valence-electron chi connectivity index (χ1n) is 5.66. The van der Waals surface area contributed by atoms with Crippen LogP contribution in [-0.4, -0.2) is 25.5 Å². The van der Waals surface area contributed by atoms with Gasteiger partial charge in [-0.3, -0.25) is 4.79 Å². The van der Waals surface area contributed by atoms with Crippen molar-refractivity contribution < 1.29 is 9.18 Å². The van der Waals surface area contributed by atoms with Crippen LogP contribution in [0.1, 0.15) is 16.8 Å². The van der Waals surface area contributed by atoms with E-state index in [4.69, 9.17) is 11.5 Å². The number of benzene rings is 1. The molecule has 5 heteroatoms. The van der Waals surface area contributed by atoms with E-state index in [1.165, 1.54) is 6.07 Å². The topological polar surface area (TPSA) is 72.3 Å². The van der Waals surface area contributed by atoms with Crippen molar-refractivity contribution in [2.75, 3.05) is 24.5 Å². The average Bonchev–Trinajstić information content (AvgIpc) is 2.76. The SMILES string of the molecule is NCC1CCN(c2cccc(F)c2C(N)=O)C1. The van der Waals surface area contributed by atoms with Gasteiger partial charge in [0, 0.05) is 13.1 Å². The van der Waals surface area contributed by atoms with Crippen molar-refractivity contribution in [1.82, 2.24) is 0 Å². The molecule has 1 aliphatic heterocycles. The van der Waals surface area contributed by atoms with E-state index in [2.05, 4.69) is 0 Å².